The molecular formula is C25H21ClN2O4S. The van der Waals surface area contributed by atoms with Crippen LogP contribution < -0.4 is 0 Å². The molecule has 3 aromatic rings. The van der Waals surface area contributed by atoms with Gasteiger partial charge in [-0.05, 0) is 79.2 Å². The quantitative estimate of drug-likeness (QED) is 0.342. The van der Waals surface area contributed by atoms with Crippen molar-refractivity contribution in [1.29, 1.82) is 0 Å². The number of benzene rings is 2. The van der Waals surface area contributed by atoms with Gasteiger partial charge in [-0.15, -0.1) is 0 Å². The highest BCUT2D eigenvalue weighted by molar-refractivity contribution is 8.18. The third kappa shape index (κ3) is 4.60. The van der Waals surface area contributed by atoms with E-state index in [2.05, 4.69) is 0 Å². The molecule has 1 fully saturated rings. The summed E-state index contributed by atoms with van der Waals surface area (Å²) in [5, 5.41) is 0.293. The maximum Gasteiger partial charge on any atom is 0.337 e. The van der Waals surface area contributed by atoms with Gasteiger partial charge in [-0.3, -0.25) is 14.5 Å². The number of halogens is 1. The summed E-state index contributed by atoms with van der Waals surface area (Å²) in [7, 11) is 1.35. The summed E-state index contributed by atoms with van der Waals surface area (Å²) in [6.07, 6.45) is 1.75. The highest BCUT2D eigenvalue weighted by Gasteiger charge is 2.35. The average molecular weight is 481 g/mol. The number of methoxy groups -OCH3 is 1. The topological polar surface area (TPSA) is 68.6 Å². The highest BCUT2D eigenvalue weighted by atomic mass is 35.5. The lowest BCUT2D eigenvalue weighted by Crippen LogP contribution is -2.27. The Hall–Kier alpha value is -3.29. The Morgan fingerprint density at radius 3 is 2.52 bits per heavy atom. The zero-order valence-electron chi connectivity index (χ0n) is 18.3. The molecule has 1 saturated heterocycles. The highest BCUT2D eigenvalue weighted by Crippen LogP contribution is 2.35. The molecular weight excluding hydrogens is 460 g/mol. The van der Waals surface area contributed by atoms with Crippen LogP contribution in [0.15, 0.2) is 59.5 Å². The molecule has 2 heterocycles. The summed E-state index contributed by atoms with van der Waals surface area (Å²) in [6.45, 7) is 4.07. The first kappa shape index (κ1) is 22.9. The second kappa shape index (κ2) is 9.29. The van der Waals surface area contributed by atoms with E-state index in [0.29, 0.717) is 15.5 Å². The number of carbonyl (C=O) groups excluding carboxylic acids is 3. The van der Waals surface area contributed by atoms with Crippen molar-refractivity contribution < 1.29 is 19.1 Å². The lowest BCUT2D eigenvalue weighted by molar-refractivity contribution is -0.123. The molecule has 1 aromatic heterocycles. The van der Waals surface area contributed by atoms with Gasteiger partial charge in [-0.2, -0.15) is 0 Å². The number of nitrogens with zero attached hydrogens (tertiary/aromatic N) is 2. The molecule has 0 atom stereocenters. The van der Waals surface area contributed by atoms with Crippen LogP contribution in [0.25, 0.3) is 11.8 Å². The first-order chi connectivity index (χ1) is 15.8. The Bertz CT molecular complexity index is 1290. The standard InChI is InChI=1S/C25H21ClN2O4S/c1-15-11-19(16(2)28(15)21-6-4-5-18(12-21)24(30)32-3)13-22-23(29)27(25(31)33-22)14-17-7-9-20(26)10-8-17/h4-13H,14H2,1-3H3/b22-13-. The van der Waals surface area contributed by atoms with Crippen molar-refractivity contribution in [1.82, 2.24) is 9.47 Å². The fraction of sp³-hybridized carbons (Fsp3) is 0.160. The SMILES string of the molecule is COC(=O)c1cccc(-n2c(C)cc(/C=C3\SC(=O)N(Cc4ccc(Cl)cc4)C3=O)c2C)c1. The smallest absolute Gasteiger partial charge is 0.337 e. The van der Waals surface area contributed by atoms with Gasteiger partial charge in [0, 0.05) is 22.1 Å². The number of hydrogen-bond acceptors (Lipinski definition) is 5. The molecule has 0 bridgehead atoms. The number of carbonyl (C=O) groups is 3. The number of imide groups is 1. The normalized spacial score (nSPS) is 14.9. The van der Waals surface area contributed by atoms with Crippen molar-refractivity contribution in [3.8, 4) is 5.69 Å². The number of rotatable bonds is 5. The van der Waals surface area contributed by atoms with E-state index in [4.69, 9.17) is 16.3 Å². The fourth-order valence-corrected chi connectivity index (χ4v) is 4.73. The molecule has 0 unspecified atom stereocenters. The minimum atomic E-state index is -0.408. The van der Waals surface area contributed by atoms with Gasteiger partial charge in [0.15, 0.2) is 0 Å². The third-order valence-corrected chi connectivity index (χ3v) is 6.57. The summed E-state index contributed by atoms with van der Waals surface area (Å²) in [4.78, 5) is 39.0. The summed E-state index contributed by atoms with van der Waals surface area (Å²) < 4.78 is 6.82. The summed E-state index contributed by atoms with van der Waals surface area (Å²) in [6, 6.07) is 16.2. The van der Waals surface area contributed by atoms with Crippen molar-refractivity contribution >= 4 is 46.6 Å². The van der Waals surface area contributed by atoms with Gasteiger partial charge in [-0.1, -0.05) is 29.8 Å². The molecule has 0 aliphatic carbocycles. The monoisotopic (exact) mass is 480 g/mol. The molecule has 168 valence electrons. The van der Waals surface area contributed by atoms with Crippen LogP contribution in [0.1, 0.15) is 32.9 Å². The third-order valence-electron chi connectivity index (χ3n) is 5.41. The number of aromatic nitrogens is 1. The minimum Gasteiger partial charge on any atom is -0.465 e. The van der Waals surface area contributed by atoms with Crippen LogP contribution >= 0.6 is 23.4 Å². The van der Waals surface area contributed by atoms with E-state index >= 15 is 0 Å². The largest absolute Gasteiger partial charge is 0.465 e. The number of amides is 2. The van der Waals surface area contributed by atoms with E-state index in [1.165, 1.54) is 12.0 Å². The van der Waals surface area contributed by atoms with E-state index < -0.39 is 5.97 Å². The molecule has 6 nitrogen and oxygen atoms in total. The van der Waals surface area contributed by atoms with Crippen LogP contribution in [0.3, 0.4) is 0 Å². The first-order valence-electron chi connectivity index (χ1n) is 10.2. The van der Waals surface area contributed by atoms with Crippen LogP contribution in [0, 0.1) is 13.8 Å². The van der Waals surface area contributed by atoms with Crippen LogP contribution in [-0.2, 0) is 16.1 Å². The van der Waals surface area contributed by atoms with Crippen molar-refractivity contribution in [3.63, 3.8) is 0 Å². The van der Waals surface area contributed by atoms with Crippen LogP contribution in [0.4, 0.5) is 4.79 Å². The van der Waals surface area contributed by atoms with Crippen molar-refractivity contribution in [2.75, 3.05) is 7.11 Å². The van der Waals surface area contributed by atoms with Gasteiger partial charge in [-0.25, -0.2) is 4.79 Å². The second-order valence-electron chi connectivity index (χ2n) is 7.60. The zero-order chi connectivity index (χ0) is 23.7. The first-order valence-corrected chi connectivity index (χ1v) is 11.4. The predicted octanol–water partition coefficient (Wildman–Crippen LogP) is 5.77. The lowest BCUT2D eigenvalue weighted by Gasteiger charge is -2.12. The van der Waals surface area contributed by atoms with Gasteiger partial charge < -0.3 is 9.30 Å². The van der Waals surface area contributed by atoms with Crippen LogP contribution in [0.2, 0.25) is 5.02 Å². The number of thioether (sulfide) groups is 1. The van der Waals surface area contributed by atoms with Crippen molar-refractivity contribution in [2.24, 2.45) is 0 Å². The molecule has 2 amide bonds. The van der Waals surface area contributed by atoms with Gasteiger partial charge >= 0.3 is 5.97 Å². The fourth-order valence-electron chi connectivity index (χ4n) is 3.77. The Morgan fingerprint density at radius 2 is 1.82 bits per heavy atom. The Labute approximate surface area is 200 Å². The Balaban J connectivity index is 1.62. The number of esters is 1. The Morgan fingerprint density at radius 1 is 1.09 bits per heavy atom. The lowest BCUT2D eigenvalue weighted by atomic mass is 10.2. The Kier molecular flexibility index (Phi) is 6.44. The molecule has 1 aliphatic heterocycles. The molecule has 0 spiro atoms. The summed E-state index contributed by atoms with van der Waals surface area (Å²) in [5.74, 6) is -0.730. The predicted molar refractivity (Wildman–Crippen MR) is 130 cm³/mol. The van der Waals surface area contributed by atoms with Gasteiger partial charge in [0.2, 0.25) is 0 Å². The van der Waals surface area contributed by atoms with Crippen LogP contribution in [-0.4, -0.2) is 33.7 Å². The van der Waals surface area contributed by atoms with Crippen molar-refractivity contribution in [3.05, 3.63) is 92.6 Å². The van der Waals surface area contributed by atoms with Gasteiger partial charge in [0.1, 0.15) is 0 Å². The molecule has 0 N–H and O–H groups in total. The van der Waals surface area contributed by atoms with Gasteiger partial charge in [0.05, 0.1) is 24.1 Å². The summed E-state index contributed by atoms with van der Waals surface area (Å²) >= 11 is 6.85. The molecule has 2 aromatic carbocycles. The van der Waals surface area contributed by atoms with E-state index in [1.54, 1.807) is 48.5 Å². The number of ether oxygens (including phenoxy) is 1. The molecule has 0 saturated carbocycles. The maximum atomic E-state index is 12.9. The molecule has 4 rings (SSSR count). The zero-order valence-corrected chi connectivity index (χ0v) is 19.9. The van der Waals surface area contributed by atoms with E-state index in [0.717, 1.165) is 40.0 Å². The van der Waals surface area contributed by atoms with Crippen LogP contribution in [0.5, 0.6) is 0 Å². The van der Waals surface area contributed by atoms with E-state index in [-0.39, 0.29) is 17.7 Å². The van der Waals surface area contributed by atoms with E-state index in [9.17, 15) is 14.4 Å². The second-order valence-corrected chi connectivity index (χ2v) is 9.03. The molecule has 1 aliphatic rings. The molecule has 33 heavy (non-hydrogen) atoms. The minimum absolute atomic E-state index is 0.193. The maximum absolute atomic E-state index is 12.9. The van der Waals surface area contributed by atoms with Gasteiger partial charge in [0.25, 0.3) is 11.1 Å². The molecule has 8 heteroatoms. The van der Waals surface area contributed by atoms with E-state index in [1.807, 2.05) is 30.5 Å². The number of aryl methyl sites for hydroxylation is 1. The number of hydrogen-bond donors (Lipinski definition) is 0. The van der Waals surface area contributed by atoms with Crippen molar-refractivity contribution in [2.45, 2.75) is 20.4 Å². The average Bonchev–Trinajstić information content (AvgIpc) is 3.23. The summed E-state index contributed by atoms with van der Waals surface area (Å²) in [5.41, 5.74) is 4.73. The molecule has 0 radical (unpaired) electrons.